The largest absolute Gasteiger partial charge is 0.497 e. The van der Waals surface area contributed by atoms with Crippen molar-refractivity contribution in [1.82, 2.24) is 4.90 Å². The number of methoxy groups -OCH3 is 1. The minimum atomic E-state index is 0.213. The first kappa shape index (κ1) is 21.4. The number of piperidine rings is 1. The summed E-state index contributed by atoms with van der Waals surface area (Å²) in [6.07, 6.45) is 2.56. The van der Waals surface area contributed by atoms with E-state index < -0.39 is 0 Å². The van der Waals surface area contributed by atoms with Crippen LogP contribution in [0.1, 0.15) is 44.2 Å². The van der Waals surface area contributed by atoms with Gasteiger partial charge in [-0.3, -0.25) is 9.69 Å². The molecule has 0 bridgehead atoms. The molecule has 1 amide bonds. The van der Waals surface area contributed by atoms with Crippen LogP contribution in [0.5, 0.6) is 5.75 Å². The monoisotopic (exact) mass is 394 g/mol. The highest BCUT2D eigenvalue weighted by atomic mass is 16.5. The van der Waals surface area contributed by atoms with Gasteiger partial charge in [0, 0.05) is 43.9 Å². The number of nitrogens with zero attached hydrogens (tertiary/aromatic N) is 2. The Kier molecular flexibility index (Phi) is 7.32. The number of carbonyl (C=O) groups is 1. The van der Waals surface area contributed by atoms with Crippen LogP contribution in [0.15, 0.2) is 48.5 Å². The van der Waals surface area contributed by atoms with Gasteiger partial charge in [-0.25, -0.2) is 0 Å². The first-order chi connectivity index (χ1) is 14.0. The van der Waals surface area contributed by atoms with Crippen molar-refractivity contribution < 1.29 is 9.53 Å². The zero-order chi connectivity index (χ0) is 20.8. The van der Waals surface area contributed by atoms with Gasteiger partial charge in [0.2, 0.25) is 5.91 Å². The second-order valence-corrected chi connectivity index (χ2v) is 8.56. The van der Waals surface area contributed by atoms with Crippen LogP contribution in [-0.4, -0.2) is 37.0 Å². The van der Waals surface area contributed by atoms with Crippen LogP contribution >= 0.6 is 0 Å². The molecule has 1 aliphatic heterocycles. The second kappa shape index (κ2) is 9.93. The maximum absolute atomic E-state index is 13.1. The molecule has 4 nitrogen and oxygen atoms in total. The number of amides is 1. The lowest BCUT2D eigenvalue weighted by Crippen LogP contribution is -2.47. The minimum Gasteiger partial charge on any atom is -0.497 e. The molecule has 0 atom stereocenters. The first-order valence-corrected chi connectivity index (χ1v) is 10.7. The molecule has 0 aromatic heterocycles. The Morgan fingerprint density at radius 3 is 2.52 bits per heavy atom. The van der Waals surface area contributed by atoms with Gasteiger partial charge in [-0.2, -0.15) is 0 Å². The summed E-state index contributed by atoms with van der Waals surface area (Å²) in [6.45, 7) is 9.34. The van der Waals surface area contributed by atoms with Gasteiger partial charge in [0.1, 0.15) is 5.75 Å². The predicted octanol–water partition coefficient (Wildman–Crippen LogP) is 5.05. The molecule has 3 rings (SSSR count). The Morgan fingerprint density at radius 1 is 1.14 bits per heavy atom. The van der Waals surface area contributed by atoms with Crippen molar-refractivity contribution in [3.8, 4) is 5.75 Å². The fourth-order valence-corrected chi connectivity index (χ4v) is 4.17. The standard InChI is InChI=1S/C25H34N2O2/c1-19(2)15-25(28)27(23-9-6-10-24(17-23)29-4)22-11-13-26(14-12-22)18-21-8-5-7-20(3)16-21/h5-10,16-17,19,22H,11-15,18H2,1-4H3. The number of hydrogen-bond acceptors (Lipinski definition) is 3. The summed E-state index contributed by atoms with van der Waals surface area (Å²) in [5.74, 6) is 1.35. The molecular weight excluding hydrogens is 360 g/mol. The summed E-state index contributed by atoms with van der Waals surface area (Å²) in [4.78, 5) is 17.7. The normalized spacial score (nSPS) is 15.5. The van der Waals surface area contributed by atoms with Gasteiger partial charge in [0.05, 0.1) is 7.11 Å². The van der Waals surface area contributed by atoms with Crippen molar-refractivity contribution in [2.45, 2.75) is 52.6 Å². The maximum atomic E-state index is 13.1. The van der Waals surface area contributed by atoms with Gasteiger partial charge in [-0.05, 0) is 43.4 Å². The molecule has 1 aliphatic rings. The van der Waals surface area contributed by atoms with E-state index in [1.54, 1.807) is 7.11 Å². The minimum absolute atomic E-state index is 0.213. The molecule has 2 aromatic rings. The van der Waals surface area contributed by atoms with E-state index in [0.29, 0.717) is 12.3 Å². The number of ether oxygens (including phenoxy) is 1. The third kappa shape index (κ3) is 5.83. The molecule has 0 aliphatic carbocycles. The van der Waals surface area contributed by atoms with E-state index in [9.17, 15) is 4.79 Å². The highest BCUT2D eigenvalue weighted by Gasteiger charge is 2.29. The Morgan fingerprint density at radius 2 is 1.86 bits per heavy atom. The zero-order valence-electron chi connectivity index (χ0n) is 18.2. The third-order valence-electron chi connectivity index (χ3n) is 5.59. The molecule has 0 N–H and O–H groups in total. The molecule has 156 valence electrons. The van der Waals surface area contributed by atoms with E-state index >= 15 is 0 Å². The van der Waals surface area contributed by atoms with Crippen LogP contribution in [0.25, 0.3) is 0 Å². The number of rotatable bonds is 7. The average molecular weight is 395 g/mol. The molecule has 0 spiro atoms. The maximum Gasteiger partial charge on any atom is 0.227 e. The smallest absolute Gasteiger partial charge is 0.227 e. The topological polar surface area (TPSA) is 32.8 Å². The van der Waals surface area contributed by atoms with E-state index in [1.807, 2.05) is 29.2 Å². The second-order valence-electron chi connectivity index (χ2n) is 8.56. The summed E-state index contributed by atoms with van der Waals surface area (Å²) < 4.78 is 5.40. The Hall–Kier alpha value is -2.33. The van der Waals surface area contributed by atoms with E-state index in [-0.39, 0.29) is 11.9 Å². The number of carbonyl (C=O) groups excluding carboxylic acids is 1. The molecule has 1 fully saturated rings. The van der Waals surface area contributed by atoms with Gasteiger partial charge in [0.25, 0.3) is 0 Å². The lowest BCUT2D eigenvalue weighted by atomic mass is 9.99. The molecule has 0 saturated carbocycles. The Labute approximate surface area is 175 Å². The molecule has 0 unspecified atom stereocenters. The molecule has 1 heterocycles. The van der Waals surface area contributed by atoms with Gasteiger partial charge in [-0.1, -0.05) is 49.7 Å². The van der Waals surface area contributed by atoms with Crippen molar-refractivity contribution in [2.75, 3.05) is 25.1 Å². The van der Waals surface area contributed by atoms with Crippen LogP contribution < -0.4 is 9.64 Å². The quantitative estimate of drug-likeness (QED) is 0.659. The lowest BCUT2D eigenvalue weighted by molar-refractivity contribution is -0.120. The zero-order valence-corrected chi connectivity index (χ0v) is 18.2. The number of benzene rings is 2. The number of likely N-dealkylation sites (tertiary alicyclic amines) is 1. The number of aryl methyl sites for hydroxylation is 1. The summed E-state index contributed by atoms with van der Waals surface area (Å²) >= 11 is 0. The SMILES string of the molecule is COc1cccc(N(C(=O)CC(C)C)C2CCN(Cc3cccc(C)c3)CC2)c1. The lowest BCUT2D eigenvalue weighted by Gasteiger charge is -2.39. The van der Waals surface area contributed by atoms with Crippen molar-refractivity contribution in [1.29, 1.82) is 0 Å². The fourth-order valence-electron chi connectivity index (χ4n) is 4.17. The van der Waals surface area contributed by atoms with Gasteiger partial charge in [-0.15, -0.1) is 0 Å². The van der Waals surface area contributed by atoms with E-state index in [0.717, 1.165) is 43.9 Å². The first-order valence-electron chi connectivity index (χ1n) is 10.7. The van der Waals surface area contributed by atoms with Crippen molar-refractivity contribution in [3.05, 3.63) is 59.7 Å². The summed E-state index contributed by atoms with van der Waals surface area (Å²) in [6, 6.07) is 16.9. The number of anilines is 1. The van der Waals surface area contributed by atoms with Crippen molar-refractivity contribution >= 4 is 11.6 Å². The molecule has 1 saturated heterocycles. The van der Waals surface area contributed by atoms with Crippen molar-refractivity contribution in [3.63, 3.8) is 0 Å². The predicted molar refractivity (Wildman–Crippen MR) is 119 cm³/mol. The van der Waals surface area contributed by atoms with E-state index in [2.05, 4.69) is 49.9 Å². The molecule has 2 aromatic carbocycles. The highest BCUT2D eigenvalue weighted by molar-refractivity contribution is 5.94. The number of hydrogen-bond donors (Lipinski definition) is 0. The van der Waals surface area contributed by atoms with Crippen molar-refractivity contribution in [2.24, 2.45) is 5.92 Å². The van der Waals surface area contributed by atoms with E-state index in [1.165, 1.54) is 11.1 Å². The van der Waals surface area contributed by atoms with Crippen LogP contribution in [0.3, 0.4) is 0 Å². The van der Waals surface area contributed by atoms with Crippen LogP contribution in [0.4, 0.5) is 5.69 Å². The molecule has 29 heavy (non-hydrogen) atoms. The fraction of sp³-hybridized carbons (Fsp3) is 0.480. The van der Waals surface area contributed by atoms with Gasteiger partial charge in [0.15, 0.2) is 0 Å². The van der Waals surface area contributed by atoms with Crippen LogP contribution in [-0.2, 0) is 11.3 Å². The summed E-state index contributed by atoms with van der Waals surface area (Å²) in [7, 11) is 1.67. The summed E-state index contributed by atoms with van der Waals surface area (Å²) in [5.41, 5.74) is 3.62. The van der Waals surface area contributed by atoms with Crippen LogP contribution in [0.2, 0.25) is 0 Å². The van der Waals surface area contributed by atoms with Crippen LogP contribution in [0, 0.1) is 12.8 Å². The molecule has 0 radical (unpaired) electrons. The average Bonchev–Trinajstić information content (AvgIpc) is 2.69. The van der Waals surface area contributed by atoms with E-state index in [4.69, 9.17) is 4.74 Å². The van der Waals surface area contributed by atoms with Gasteiger partial charge >= 0.3 is 0 Å². The van der Waals surface area contributed by atoms with Gasteiger partial charge < -0.3 is 9.64 Å². The summed E-state index contributed by atoms with van der Waals surface area (Å²) in [5, 5.41) is 0. The third-order valence-corrected chi connectivity index (χ3v) is 5.59. The molecular formula is C25H34N2O2. The Balaban J connectivity index is 1.71. The highest BCUT2D eigenvalue weighted by Crippen LogP contribution is 2.29. The molecule has 4 heteroatoms. The Bertz CT molecular complexity index is 810.